The number of rotatable bonds is 4. The number of quaternary nitrogens is 1. The number of nitrogens with zero attached hydrogens (tertiary/aromatic N) is 3. The summed E-state index contributed by atoms with van der Waals surface area (Å²) in [4.78, 5) is 42.9. The summed E-state index contributed by atoms with van der Waals surface area (Å²) in [6.07, 6.45) is 1.37. The average molecular weight is 297 g/mol. The van der Waals surface area contributed by atoms with Crippen molar-refractivity contribution < 1.29 is 24.0 Å². The van der Waals surface area contributed by atoms with Crippen molar-refractivity contribution in [3.8, 4) is 0 Å². The predicted molar refractivity (Wildman–Crippen MR) is 74.2 cm³/mol. The lowest BCUT2D eigenvalue weighted by Gasteiger charge is -2.31. The highest BCUT2D eigenvalue weighted by Gasteiger charge is 2.41. The summed E-state index contributed by atoms with van der Waals surface area (Å²) in [7, 11) is 2.73. The first kappa shape index (κ1) is 15.6. The SMILES string of the molecule is CN1C(=O)C(C=NCC[NH+]2CCOCC2)C(=O)N(C)C1=O. The highest BCUT2D eigenvalue weighted by Crippen LogP contribution is 2.13. The quantitative estimate of drug-likeness (QED) is 0.465. The number of hydrogen-bond donors (Lipinski definition) is 1. The number of nitrogens with one attached hydrogen (secondary N) is 1. The molecule has 0 radical (unpaired) electrons. The first-order chi connectivity index (χ1) is 10.0. The first-order valence-corrected chi connectivity index (χ1v) is 7.02. The molecule has 116 valence electrons. The predicted octanol–water partition coefficient (Wildman–Crippen LogP) is -2.36. The van der Waals surface area contributed by atoms with Crippen molar-refractivity contribution >= 4 is 24.1 Å². The number of barbiturate groups is 1. The van der Waals surface area contributed by atoms with Crippen LogP contribution >= 0.6 is 0 Å². The third-order valence-corrected chi connectivity index (χ3v) is 3.82. The molecule has 0 aromatic rings. The summed E-state index contributed by atoms with van der Waals surface area (Å²) in [6.45, 7) is 4.83. The molecule has 0 spiro atoms. The summed E-state index contributed by atoms with van der Waals surface area (Å²) in [6, 6.07) is -0.604. The average Bonchev–Trinajstić information content (AvgIpc) is 2.51. The second kappa shape index (κ2) is 6.77. The number of morpholine rings is 1. The number of amides is 4. The maximum atomic E-state index is 11.9. The molecular formula is C13H21N4O4+. The van der Waals surface area contributed by atoms with Gasteiger partial charge in [0.2, 0.25) is 11.8 Å². The fourth-order valence-electron chi connectivity index (χ4n) is 2.38. The van der Waals surface area contributed by atoms with E-state index in [1.54, 1.807) is 0 Å². The van der Waals surface area contributed by atoms with Crippen LogP contribution in [0.4, 0.5) is 4.79 Å². The molecule has 0 aromatic heterocycles. The monoisotopic (exact) mass is 297 g/mol. The van der Waals surface area contributed by atoms with E-state index in [0.717, 1.165) is 42.6 Å². The number of carbonyl (C=O) groups excluding carboxylic acids is 3. The molecule has 2 aliphatic heterocycles. The van der Waals surface area contributed by atoms with Crippen LogP contribution in [0.15, 0.2) is 4.99 Å². The van der Waals surface area contributed by atoms with Gasteiger partial charge in [0.15, 0.2) is 5.92 Å². The van der Waals surface area contributed by atoms with E-state index in [1.165, 1.54) is 25.2 Å². The van der Waals surface area contributed by atoms with Gasteiger partial charge >= 0.3 is 6.03 Å². The maximum Gasteiger partial charge on any atom is 0.332 e. The molecule has 8 nitrogen and oxygen atoms in total. The largest absolute Gasteiger partial charge is 0.370 e. The summed E-state index contributed by atoms with van der Waals surface area (Å²) in [5.74, 6) is -2.03. The van der Waals surface area contributed by atoms with Gasteiger partial charge in [0.25, 0.3) is 0 Å². The second-order valence-corrected chi connectivity index (χ2v) is 5.22. The van der Waals surface area contributed by atoms with Gasteiger partial charge < -0.3 is 9.64 Å². The molecule has 0 atom stereocenters. The summed E-state index contributed by atoms with van der Waals surface area (Å²) in [5, 5.41) is 0. The van der Waals surface area contributed by atoms with Crippen LogP contribution < -0.4 is 4.90 Å². The number of hydrogen-bond acceptors (Lipinski definition) is 5. The van der Waals surface area contributed by atoms with E-state index in [0.29, 0.717) is 6.54 Å². The van der Waals surface area contributed by atoms with Crippen LogP contribution in [-0.2, 0) is 14.3 Å². The molecule has 4 amide bonds. The maximum absolute atomic E-state index is 11.9. The zero-order chi connectivity index (χ0) is 15.4. The van der Waals surface area contributed by atoms with Crippen LogP contribution in [0.25, 0.3) is 0 Å². The Morgan fingerprint density at radius 2 is 1.76 bits per heavy atom. The lowest BCUT2D eigenvalue weighted by Crippen LogP contribution is -3.14. The van der Waals surface area contributed by atoms with E-state index in [-0.39, 0.29) is 0 Å². The van der Waals surface area contributed by atoms with Crippen LogP contribution in [-0.4, -0.2) is 87.3 Å². The molecule has 2 saturated heterocycles. The molecule has 2 fully saturated rings. The molecule has 21 heavy (non-hydrogen) atoms. The molecule has 2 rings (SSSR count). The van der Waals surface area contributed by atoms with Gasteiger partial charge in [-0.3, -0.25) is 24.4 Å². The van der Waals surface area contributed by atoms with Crippen LogP contribution in [0.5, 0.6) is 0 Å². The van der Waals surface area contributed by atoms with Crippen molar-refractivity contribution in [2.45, 2.75) is 0 Å². The molecule has 0 aliphatic carbocycles. The molecule has 0 saturated carbocycles. The van der Waals surface area contributed by atoms with E-state index >= 15 is 0 Å². The second-order valence-electron chi connectivity index (χ2n) is 5.22. The van der Waals surface area contributed by atoms with Gasteiger partial charge in [-0.25, -0.2) is 4.79 Å². The Kier molecular flexibility index (Phi) is 5.03. The van der Waals surface area contributed by atoms with Crippen LogP contribution in [0, 0.1) is 5.92 Å². The van der Waals surface area contributed by atoms with Crippen LogP contribution in [0.1, 0.15) is 0 Å². The van der Waals surface area contributed by atoms with E-state index in [2.05, 4.69) is 4.99 Å². The Morgan fingerprint density at radius 3 is 2.33 bits per heavy atom. The molecular weight excluding hydrogens is 276 g/mol. The highest BCUT2D eigenvalue weighted by atomic mass is 16.5. The Balaban J connectivity index is 1.88. The van der Waals surface area contributed by atoms with E-state index in [4.69, 9.17) is 4.74 Å². The Morgan fingerprint density at radius 1 is 1.19 bits per heavy atom. The van der Waals surface area contributed by atoms with Gasteiger partial charge in [-0.2, -0.15) is 0 Å². The smallest absolute Gasteiger partial charge is 0.332 e. The van der Waals surface area contributed by atoms with Crippen molar-refractivity contribution in [3.05, 3.63) is 0 Å². The van der Waals surface area contributed by atoms with Crippen molar-refractivity contribution in [2.24, 2.45) is 10.9 Å². The minimum atomic E-state index is -0.989. The van der Waals surface area contributed by atoms with Crippen molar-refractivity contribution in [2.75, 3.05) is 53.5 Å². The standard InChI is InChI=1S/C13H20N4O4/c1-15-11(18)10(12(19)16(2)13(15)20)9-14-3-4-17-5-7-21-8-6-17/h9-10H,3-8H2,1-2H3/p+1. The number of aliphatic imine (C=N–C) groups is 1. The van der Waals surface area contributed by atoms with E-state index in [9.17, 15) is 14.4 Å². The minimum absolute atomic E-state index is 0.523. The fraction of sp³-hybridized carbons (Fsp3) is 0.692. The third-order valence-electron chi connectivity index (χ3n) is 3.82. The number of imide groups is 2. The van der Waals surface area contributed by atoms with Crippen molar-refractivity contribution in [1.29, 1.82) is 0 Å². The number of ether oxygens (including phenoxy) is 1. The van der Waals surface area contributed by atoms with Crippen molar-refractivity contribution in [3.63, 3.8) is 0 Å². The summed E-state index contributed by atoms with van der Waals surface area (Å²) in [5.41, 5.74) is 0. The molecule has 8 heteroatoms. The van der Waals surface area contributed by atoms with Crippen LogP contribution in [0.3, 0.4) is 0 Å². The van der Waals surface area contributed by atoms with Gasteiger partial charge in [-0.15, -0.1) is 0 Å². The van der Waals surface area contributed by atoms with Crippen LogP contribution in [0.2, 0.25) is 0 Å². The lowest BCUT2D eigenvalue weighted by atomic mass is 10.1. The molecule has 2 aliphatic rings. The van der Waals surface area contributed by atoms with Gasteiger partial charge in [-0.05, 0) is 0 Å². The van der Waals surface area contributed by atoms with E-state index < -0.39 is 23.8 Å². The highest BCUT2D eigenvalue weighted by molar-refractivity contribution is 6.23. The van der Waals surface area contributed by atoms with Crippen molar-refractivity contribution in [1.82, 2.24) is 9.80 Å². The lowest BCUT2D eigenvalue weighted by molar-refractivity contribution is -0.906. The minimum Gasteiger partial charge on any atom is -0.370 e. The zero-order valence-electron chi connectivity index (χ0n) is 12.4. The van der Waals surface area contributed by atoms with Gasteiger partial charge in [-0.1, -0.05) is 0 Å². The zero-order valence-corrected chi connectivity index (χ0v) is 12.4. The fourth-order valence-corrected chi connectivity index (χ4v) is 2.38. The Hall–Kier alpha value is -1.80. The first-order valence-electron chi connectivity index (χ1n) is 7.02. The van der Waals surface area contributed by atoms with E-state index in [1.807, 2.05) is 0 Å². The van der Waals surface area contributed by atoms with Gasteiger partial charge in [0.1, 0.15) is 13.1 Å². The van der Waals surface area contributed by atoms with Gasteiger partial charge in [0.05, 0.1) is 26.3 Å². The Labute approximate surface area is 123 Å². The third kappa shape index (κ3) is 3.45. The molecule has 2 heterocycles. The topological polar surface area (TPSA) is 83.7 Å². The number of carbonyl (C=O) groups is 3. The normalized spacial score (nSPS) is 22.7. The van der Waals surface area contributed by atoms with Gasteiger partial charge in [0, 0.05) is 20.3 Å². The number of urea groups is 1. The molecule has 0 bridgehead atoms. The molecule has 1 N–H and O–H groups in total. The summed E-state index contributed by atoms with van der Waals surface area (Å²) >= 11 is 0. The molecule has 0 unspecified atom stereocenters. The summed E-state index contributed by atoms with van der Waals surface area (Å²) < 4.78 is 5.27. The Bertz CT molecular complexity index is 435. The molecule has 0 aromatic carbocycles.